The maximum Gasteiger partial charge on any atom is 0.239 e. The standard InChI is InChI=1S/C20H23ClN2O3/c1-13-6-5-7-14(10-13)12-22-18(24)20(2,3)19(25)23-16-11-15(21)8-9-17(16)26-4/h5-11H,12H2,1-4H3,(H,22,24)(H,23,25). The third-order valence-electron chi connectivity index (χ3n) is 4.08. The van der Waals surface area contributed by atoms with Gasteiger partial charge in [0.2, 0.25) is 11.8 Å². The van der Waals surface area contributed by atoms with Gasteiger partial charge in [-0.3, -0.25) is 9.59 Å². The number of rotatable bonds is 6. The van der Waals surface area contributed by atoms with Crippen molar-refractivity contribution in [3.05, 3.63) is 58.6 Å². The molecule has 0 bridgehead atoms. The molecule has 0 aliphatic carbocycles. The first-order chi connectivity index (χ1) is 12.2. The maximum atomic E-state index is 12.6. The zero-order chi connectivity index (χ0) is 19.3. The highest BCUT2D eigenvalue weighted by molar-refractivity contribution is 6.31. The molecule has 138 valence electrons. The molecule has 2 N–H and O–H groups in total. The minimum absolute atomic E-state index is 0.359. The summed E-state index contributed by atoms with van der Waals surface area (Å²) in [5.41, 5.74) is 1.24. The fourth-order valence-electron chi connectivity index (χ4n) is 2.38. The van der Waals surface area contributed by atoms with E-state index in [2.05, 4.69) is 10.6 Å². The van der Waals surface area contributed by atoms with Crippen molar-refractivity contribution >= 4 is 29.1 Å². The van der Waals surface area contributed by atoms with Gasteiger partial charge in [-0.2, -0.15) is 0 Å². The Hall–Kier alpha value is -2.53. The highest BCUT2D eigenvalue weighted by Gasteiger charge is 2.36. The number of methoxy groups -OCH3 is 1. The molecule has 26 heavy (non-hydrogen) atoms. The summed E-state index contributed by atoms with van der Waals surface area (Å²) in [4.78, 5) is 25.2. The van der Waals surface area contributed by atoms with E-state index in [1.54, 1.807) is 32.0 Å². The molecule has 6 heteroatoms. The number of ether oxygens (including phenoxy) is 1. The van der Waals surface area contributed by atoms with Gasteiger partial charge >= 0.3 is 0 Å². The summed E-state index contributed by atoms with van der Waals surface area (Å²) in [5.74, 6) is -0.337. The summed E-state index contributed by atoms with van der Waals surface area (Å²) in [6.45, 7) is 5.49. The normalized spacial score (nSPS) is 11.0. The van der Waals surface area contributed by atoms with Crippen molar-refractivity contribution in [3.8, 4) is 5.75 Å². The van der Waals surface area contributed by atoms with Crippen molar-refractivity contribution in [1.29, 1.82) is 0 Å². The summed E-state index contributed by atoms with van der Waals surface area (Å²) in [7, 11) is 1.50. The monoisotopic (exact) mass is 374 g/mol. The highest BCUT2D eigenvalue weighted by atomic mass is 35.5. The third kappa shape index (κ3) is 4.76. The number of anilines is 1. The molecule has 0 saturated heterocycles. The predicted octanol–water partition coefficient (Wildman–Crippen LogP) is 3.94. The van der Waals surface area contributed by atoms with Crippen LogP contribution in [0, 0.1) is 12.3 Å². The molecule has 0 fully saturated rings. The number of benzene rings is 2. The molecular weight excluding hydrogens is 352 g/mol. The smallest absolute Gasteiger partial charge is 0.239 e. The topological polar surface area (TPSA) is 67.4 Å². The quantitative estimate of drug-likeness (QED) is 0.752. The van der Waals surface area contributed by atoms with E-state index >= 15 is 0 Å². The Bertz CT molecular complexity index is 818. The third-order valence-corrected chi connectivity index (χ3v) is 4.32. The molecule has 2 aromatic rings. The first-order valence-corrected chi connectivity index (χ1v) is 8.60. The average molecular weight is 375 g/mol. The summed E-state index contributed by atoms with van der Waals surface area (Å²) in [6.07, 6.45) is 0. The molecule has 0 heterocycles. The Morgan fingerprint density at radius 2 is 1.85 bits per heavy atom. The second-order valence-electron chi connectivity index (χ2n) is 6.60. The van der Waals surface area contributed by atoms with E-state index in [1.807, 2.05) is 31.2 Å². The van der Waals surface area contributed by atoms with E-state index < -0.39 is 11.3 Å². The van der Waals surface area contributed by atoms with Crippen LogP contribution in [0.4, 0.5) is 5.69 Å². The predicted molar refractivity (Wildman–Crippen MR) is 103 cm³/mol. The molecule has 0 radical (unpaired) electrons. The van der Waals surface area contributed by atoms with Crippen LogP contribution in [0.2, 0.25) is 5.02 Å². The van der Waals surface area contributed by atoms with Crippen molar-refractivity contribution in [3.63, 3.8) is 0 Å². The summed E-state index contributed by atoms with van der Waals surface area (Å²) < 4.78 is 5.22. The molecule has 0 aliphatic rings. The average Bonchev–Trinajstić information content (AvgIpc) is 2.59. The van der Waals surface area contributed by atoms with Crippen LogP contribution in [0.1, 0.15) is 25.0 Å². The van der Waals surface area contributed by atoms with Crippen LogP contribution in [0.5, 0.6) is 5.75 Å². The van der Waals surface area contributed by atoms with Gasteiger partial charge in [0.25, 0.3) is 0 Å². The lowest BCUT2D eigenvalue weighted by Crippen LogP contribution is -2.44. The Balaban J connectivity index is 2.06. The van der Waals surface area contributed by atoms with Gasteiger partial charge in [-0.1, -0.05) is 41.4 Å². The number of hydrogen-bond donors (Lipinski definition) is 2. The molecule has 5 nitrogen and oxygen atoms in total. The van der Waals surface area contributed by atoms with Crippen LogP contribution in [-0.2, 0) is 16.1 Å². The van der Waals surface area contributed by atoms with E-state index in [0.29, 0.717) is 23.0 Å². The Morgan fingerprint density at radius 1 is 1.12 bits per heavy atom. The number of carbonyl (C=O) groups excluding carboxylic acids is 2. The first-order valence-electron chi connectivity index (χ1n) is 8.23. The SMILES string of the molecule is COc1ccc(Cl)cc1NC(=O)C(C)(C)C(=O)NCc1cccc(C)c1. The van der Waals surface area contributed by atoms with Gasteiger partial charge in [0.05, 0.1) is 12.8 Å². The van der Waals surface area contributed by atoms with Gasteiger partial charge in [0.15, 0.2) is 0 Å². The highest BCUT2D eigenvalue weighted by Crippen LogP contribution is 2.29. The second-order valence-corrected chi connectivity index (χ2v) is 7.03. The lowest BCUT2D eigenvalue weighted by molar-refractivity contribution is -0.138. The molecule has 2 rings (SSSR count). The number of nitrogens with one attached hydrogen (secondary N) is 2. The lowest BCUT2D eigenvalue weighted by atomic mass is 9.90. The van der Waals surface area contributed by atoms with E-state index in [1.165, 1.54) is 7.11 Å². The van der Waals surface area contributed by atoms with Crippen molar-refractivity contribution in [1.82, 2.24) is 5.32 Å². The fraction of sp³-hybridized carbons (Fsp3) is 0.300. The van der Waals surface area contributed by atoms with Crippen LogP contribution >= 0.6 is 11.6 Å². The largest absolute Gasteiger partial charge is 0.495 e. The van der Waals surface area contributed by atoms with Gasteiger partial charge in [-0.25, -0.2) is 0 Å². The Kier molecular flexibility index (Phi) is 6.27. The number of amides is 2. The maximum absolute atomic E-state index is 12.6. The second kappa shape index (κ2) is 8.23. The van der Waals surface area contributed by atoms with Crippen LogP contribution in [0.15, 0.2) is 42.5 Å². The Morgan fingerprint density at radius 3 is 2.50 bits per heavy atom. The van der Waals surface area contributed by atoms with Gasteiger partial charge in [0, 0.05) is 11.6 Å². The minimum atomic E-state index is -1.27. The van der Waals surface area contributed by atoms with Crippen LogP contribution in [0.3, 0.4) is 0 Å². The molecule has 0 saturated carbocycles. The van der Waals surface area contributed by atoms with Gasteiger partial charge in [-0.15, -0.1) is 0 Å². The van der Waals surface area contributed by atoms with E-state index in [-0.39, 0.29) is 5.91 Å². The van der Waals surface area contributed by atoms with E-state index in [0.717, 1.165) is 11.1 Å². The fourth-order valence-corrected chi connectivity index (χ4v) is 2.56. The van der Waals surface area contributed by atoms with E-state index in [4.69, 9.17) is 16.3 Å². The van der Waals surface area contributed by atoms with Crippen molar-refractivity contribution in [2.75, 3.05) is 12.4 Å². The number of aryl methyl sites for hydroxylation is 1. The molecule has 0 aromatic heterocycles. The molecule has 0 aliphatic heterocycles. The number of carbonyl (C=O) groups is 2. The van der Waals surface area contributed by atoms with Crippen LogP contribution in [-0.4, -0.2) is 18.9 Å². The van der Waals surface area contributed by atoms with Gasteiger partial charge in [-0.05, 0) is 44.5 Å². The van der Waals surface area contributed by atoms with E-state index in [9.17, 15) is 9.59 Å². The summed E-state index contributed by atoms with van der Waals surface area (Å²) in [5, 5.41) is 6.00. The zero-order valence-electron chi connectivity index (χ0n) is 15.4. The molecule has 2 amide bonds. The number of halogens is 1. The first kappa shape index (κ1) is 19.8. The molecule has 0 atom stereocenters. The van der Waals surface area contributed by atoms with Crippen LogP contribution in [0.25, 0.3) is 0 Å². The number of hydrogen-bond acceptors (Lipinski definition) is 3. The summed E-state index contributed by atoms with van der Waals surface area (Å²) >= 11 is 5.98. The minimum Gasteiger partial charge on any atom is -0.495 e. The summed E-state index contributed by atoms with van der Waals surface area (Å²) in [6, 6.07) is 12.7. The molecule has 0 unspecified atom stereocenters. The molecule has 0 spiro atoms. The van der Waals surface area contributed by atoms with Crippen molar-refractivity contribution in [2.45, 2.75) is 27.3 Å². The molecule has 2 aromatic carbocycles. The van der Waals surface area contributed by atoms with Crippen molar-refractivity contribution in [2.24, 2.45) is 5.41 Å². The van der Waals surface area contributed by atoms with Gasteiger partial charge in [0.1, 0.15) is 11.2 Å². The van der Waals surface area contributed by atoms with Crippen LogP contribution < -0.4 is 15.4 Å². The van der Waals surface area contributed by atoms with Crippen molar-refractivity contribution < 1.29 is 14.3 Å². The lowest BCUT2D eigenvalue weighted by Gasteiger charge is -2.23. The van der Waals surface area contributed by atoms with Gasteiger partial charge < -0.3 is 15.4 Å². The zero-order valence-corrected chi connectivity index (χ0v) is 16.1. The molecular formula is C20H23ClN2O3. The Labute approximate surface area is 158 Å².